The summed E-state index contributed by atoms with van der Waals surface area (Å²) in [5.74, 6) is 0.194. The van der Waals surface area contributed by atoms with Crippen molar-refractivity contribution in [2.24, 2.45) is 5.92 Å². The highest BCUT2D eigenvalue weighted by molar-refractivity contribution is 9.10. The molecule has 2 amide bonds. The molecule has 0 saturated carbocycles. The predicted octanol–water partition coefficient (Wildman–Crippen LogP) is 3.94. The van der Waals surface area contributed by atoms with E-state index >= 15 is 0 Å². The number of nitrogens with one attached hydrogen (secondary N) is 3. The summed E-state index contributed by atoms with van der Waals surface area (Å²) in [6.07, 6.45) is 2.47. The van der Waals surface area contributed by atoms with Crippen LogP contribution in [-0.2, 0) is 0 Å². The summed E-state index contributed by atoms with van der Waals surface area (Å²) in [6.45, 7) is 4.67. The molecule has 2 aromatic rings. The molecule has 1 aromatic carbocycles. The minimum atomic E-state index is -0.539. The Balaban J connectivity index is 2.05. The molecule has 0 aliphatic carbocycles. The third-order valence-electron chi connectivity index (χ3n) is 3.62. The molecule has 0 saturated heterocycles. The van der Waals surface area contributed by atoms with E-state index in [0.717, 1.165) is 10.9 Å². The lowest BCUT2D eigenvalue weighted by molar-refractivity contribution is 0.0844. The van der Waals surface area contributed by atoms with Crippen LogP contribution < -0.4 is 20.3 Å². The minimum Gasteiger partial charge on any atom is -0.493 e. The van der Waals surface area contributed by atoms with E-state index in [9.17, 15) is 9.59 Å². The van der Waals surface area contributed by atoms with Crippen LogP contribution in [0.25, 0.3) is 0 Å². The Kier molecular flexibility index (Phi) is 7.55. The van der Waals surface area contributed by atoms with E-state index in [2.05, 4.69) is 45.6 Å². The van der Waals surface area contributed by atoms with Crippen LogP contribution in [0.4, 0.5) is 0 Å². The maximum absolute atomic E-state index is 12.3. The minimum absolute atomic E-state index is 0.223. The van der Waals surface area contributed by atoms with Gasteiger partial charge in [-0.25, -0.2) is 0 Å². The second-order valence-electron chi connectivity index (χ2n) is 6.16. The Hall–Kier alpha value is -2.19. The van der Waals surface area contributed by atoms with Crippen LogP contribution in [0.2, 0.25) is 5.02 Å². The molecule has 1 heterocycles. The normalized spacial score (nSPS) is 10.6. The van der Waals surface area contributed by atoms with Crippen LogP contribution in [0.3, 0.4) is 0 Å². The maximum Gasteiger partial charge on any atom is 0.286 e. The Labute approximate surface area is 170 Å². The summed E-state index contributed by atoms with van der Waals surface area (Å²) >= 11 is 9.49. The quantitative estimate of drug-likeness (QED) is 0.548. The number of hydrazine groups is 1. The molecule has 0 bridgehead atoms. The van der Waals surface area contributed by atoms with Gasteiger partial charge >= 0.3 is 0 Å². The van der Waals surface area contributed by atoms with E-state index in [4.69, 9.17) is 21.1 Å². The number of aromatic amines is 1. The number of carbonyl (C=O) groups is 2. The van der Waals surface area contributed by atoms with Crippen molar-refractivity contribution in [3.63, 3.8) is 0 Å². The van der Waals surface area contributed by atoms with Gasteiger partial charge in [0.2, 0.25) is 0 Å². The number of halogens is 2. The molecule has 9 heteroatoms. The molecular formula is C18H21BrClN3O4. The van der Waals surface area contributed by atoms with Crippen LogP contribution in [0.15, 0.2) is 28.9 Å². The van der Waals surface area contributed by atoms with E-state index in [-0.39, 0.29) is 10.6 Å². The fourth-order valence-corrected chi connectivity index (χ4v) is 2.75. The Bertz CT molecular complexity index is 823. The lowest BCUT2D eigenvalue weighted by atomic mass is 10.1. The van der Waals surface area contributed by atoms with Gasteiger partial charge in [0.1, 0.15) is 5.69 Å². The van der Waals surface area contributed by atoms with Crippen LogP contribution in [0, 0.1) is 5.92 Å². The van der Waals surface area contributed by atoms with E-state index in [0.29, 0.717) is 29.7 Å². The molecule has 0 aliphatic rings. The van der Waals surface area contributed by atoms with Gasteiger partial charge in [-0.15, -0.1) is 0 Å². The first-order valence-corrected chi connectivity index (χ1v) is 9.43. The molecule has 146 valence electrons. The summed E-state index contributed by atoms with van der Waals surface area (Å²) in [5, 5.41) is 0.253. The summed E-state index contributed by atoms with van der Waals surface area (Å²) in [5.41, 5.74) is 5.18. The number of H-pyrrole nitrogens is 1. The number of benzene rings is 1. The molecule has 3 N–H and O–H groups in total. The van der Waals surface area contributed by atoms with Crippen molar-refractivity contribution in [1.82, 2.24) is 15.8 Å². The fraction of sp³-hybridized carbons (Fsp3) is 0.333. The largest absolute Gasteiger partial charge is 0.493 e. The SMILES string of the molecule is COc1cc(C(=O)NNC(=O)c2cc(Br)c[nH]2)cc(Cl)c1OCCC(C)C. The number of hydrogen-bond donors (Lipinski definition) is 3. The average molecular weight is 459 g/mol. The number of rotatable bonds is 7. The molecule has 2 rings (SSSR count). The number of amides is 2. The average Bonchev–Trinajstić information content (AvgIpc) is 3.06. The van der Waals surface area contributed by atoms with E-state index in [1.54, 1.807) is 12.3 Å². The number of carbonyl (C=O) groups excluding carboxylic acids is 2. The van der Waals surface area contributed by atoms with Gasteiger partial charge in [-0.1, -0.05) is 25.4 Å². The van der Waals surface area contributed by atoms with Gasteiger partial charge in [-0.3, -0.25) is 20.4 Å². The van der Waals surface area contributed by atoms with Crippen molar-refractivity contribution < 1.29 is 19.1 Å². The summed E-state index contributed by atoms with van der Waals surface area (Å²) in [6, 6.07) is 4.55. The van der Waals surface area contributed by atoms with Crippen molar-refractivity contribution in [2.75, 3.05) is 13.7 Å². The zero-order valence-corrected chi connectivity index (χ0v) is 17.5. The maximum atomic E-state index is 12.3. The second-order valence-corrected chi connectivity index (χ2v) is 7.48. The highest BCUT2D eigenvalue weighted by Gasteiger charge is 2.17. The monoisotopic (exact) mass is 457 g/mol. The van der Waals surface area contributed by atoms with Crippen LogP contribution >= 0.6 is 27.5 Å². The molecule has 0 spiro atoms. The molecular weight excluding hydrogens is 438 g/mol. The highest BCUT2D eigenvalue weighted by Crippen LogP contribution is 2.36. The van der Waals surface area contributed by atoms with Crippen molar-refractivity contribution in [2.45, 2.75) is 20.3 Å². The van der Waals surface area contributed by atoms with Gasteiger partial charge < -0.3 is 14.5 Å². The number of hydrogen-bond acceptors (Lipinski definition) is 4. The first-order chi connectivity index (χ1) is 12.8. The molecule has 0 radical (unpaired) electrons. The third-order valence-corrected chi connectivity index (χ3v) is 4.35. The lowest BCUT2D eigenvalue weighted by Gasteiger charge is -2.15. The summed E-state index contributed by atoms with van der Waals surface area (Å²) in [7, 11) is 1.47. The molecule has 0 aliphatic heterocycles. The van der Waals surface area contributed by atoms with Crippen molar-refractivity contribution in [3.05, 3.63) is 45.1 Å². The molecule has 0 fully saturated rings. The molecule has 27 heavy (non-hydrogen) atoms. The second kappa shape index (κ2) is 9.66. The fourth-order valence-electron chi connectivity index (χ4n) is 2.14. The molecule has 1 aromatic heterocycles. The Morgan fingerprint density at radius 1 is 1.22 bits per heavy atom. The van der Waals surface area contributed by atoms with Crippen LogP contribution in [0.1, 0.15) is 41.1 Å². The highest BCUT2D eigenvalue weighted by atomic mass is 79.9. The van der Waals surface area contributed by atoms with Crippen molar-refractivity contribution in [1.29, 1.82) is 0 Å². The smallest absolute Gasteiger partial charge is 0.286 e. The first kappa shape index (κ1) is 21.1. The molecule has 7 nitrogen and oxygen atoms in total. The van der Waals surface area contributed by atoms with Crippen molar-refractivity contribution >= 4 is 39.3 Å². The Morgan fingerprint density at radius 3 is 2.52 bits per heavy atom. The van der Waals surface area contributed by atoms with Crippen LogP contribution in [0.5, 0.6) is 11.5 Å². The number of aromatic nitrogens is 1. The zero-order chi connectivity index (χ0) is 20.0. The topological polar surface area (TPSA) is 92.5 Å². The van der Waals surface area contributed by atoms with Gasteiger partial charge in [-0.05, 0) is 46.5 Å². The third kappa shape index (κ3) is 5.90. The Morgan fingerprint density at radius 2 is 1.93 bits per heavy atom. The summed E-state index contributed by atoms with van der Waals surface area (Å²) in [4.78, 5) is 27.0. The van der Waals surface area contributed by atoms with Gasteiger partial charge in [0.25, 0.3) is 11.8 Å². The lowest BCUT2D eigenvalue weighted by Crippen LogP contribution is -2.41. The number of ether oxygens (including phenoxy) is 2. The van der Waals surface area contributed by atoms with E-state index in [1.807, 2.05) is 0 Å². The van der Waals surface area contributed by atoms with E-state index in [1.165, 1.54) is 19.2 Å². The van der Waals surface area contributed by atoms with Gasteiger partial charge in [0.15, 0.2) is 11.5 Å². The predicted molar refractivity (Wildman–Crippen MR) is 106 cm³/mol. The molecule has 0 unspecified atom stereocenters. The van der Waals surface area contributed by atoms with Gasteiger partial charge in [-0.2, -0.15) is 0 Å². The van der Waals surface area contributed by atoms with Gasteiger partial charge in [0.05, 0.1) is 18.7 Å². The zero-order valence-electron chi connectivity index (χ0n) is 15.2. The molecule has 0 atom stereocenters. The van der Waals surface area contributed by atoms with Crippen molar-refractivity contribution in [3.8, 4) is 11.5 Å². The summed E-state index contributed by atoms with van der Waals surface area (Å²) < 4.78 is 11.7. The standard InChI is InChI=1S/C18H21BrClN3O4/c1-10(2)4-5-27-16-13(20)6-11(7-15(16)26-3)17(24)22-23-18(25)14-8-12(19)9-21-14/h6-10,21H,4-5H2,1-3H3,(H,22,24)(H,23,25). The first-order valence-electron chi connectivity index (χ1n) is 8.26. The van der Waals surface area contributed by atoms with Crippen LogP contribution in [-0.4, -0.2) is 30.5 Å². The van der Waals surface area contributed by atoms with Gasteiger partial charge in [0, 0.05) is 16.2 Å². The number of methoxy groups -OCH3 is 1. The van der Waals surface area contributed by atoms with E-state index < -0.39 is 11.8 Å².